The molecule has 0 unspecified atom stereocenters. The first-order chi connectivity index (χ1) is 12.0. The fourth-order valence-corrected chi connectivity index (χ4v) is 4.09. The minimum absolute atomic E-state index is 0.0302. The van der Waals surface area contributed by atoms with Crippen molar-refractivity contribution in [1.29, 1.82) is 0 Å². The van der Waals surface area contributed by atoms with E-state index in [1.54, 1.807) is 6.07 Å². The Labute approximate surface area is 151 Å². The number of hydrogen-bond acceptors (Lipinski definition) is 3. The van der Waals surface area contributed by atoms with Gasteiger partial charge in [0.15, 0.2) is 0 Å². The smallest absolute Gasteiger partial charge is 0.249 e. The van der Waals surface area contributed by atoms with Gasteiger partial charge in [0.25, 0.3) is 0 Å². The Morgan fingerprint density at radius 1 is 1.36 bits per heavy atom. The van der Waals surface area contributed by atoms with Gasteiger partial charge in [-0.15, -0.1) is 0 Å². The molecule has 1 aliphatic carbocycles. The van der Waals surface area contributed by atoms with Crippen molar-refractivity contribution in [2.24, 2.45) is 0 Å². The summed E-state index contributed by atoms with van der Waals surface area (Å²) in [6.45, 7) is 1.39. The Bertz CT molecular complexity index is 662. The Kier molecular flexibility index (Phi) is 5.59. The van der Waals surface area contributed by atoms with E-state index in [0.29, 0.717) is 24.7 Å². The highest BCUT2D eigenvalue weighted by Gasteiger charge is 2.37. The van der Waals surface area contributed by atoms with E-state index in [2.05, 4.69) is 5.32 Å². The molecule has 1 aliphatic heterocycles. The van der Waals surface area contributed by atoms with Gasteiger partial charge in [-0.1, -0.05) is 30.5 Å². The number of benzene rings is 1. The normalized spacial score (nSPS) is 19.9. The molecule has 1 saturated carbocycles. The van der Waals surface area contributed by atoms with Gasteiger partial charge in [-0.05, 0) is 30.5 Å². The molecule has 1 heterocycles. The molecule has 25 heavy (non-hydrogen) atoms. The zero-order valence-corrected chi connectivity index (χ0v) is 14.8. The Balaban J connectivity index is 1.66. The zero-order valence-electron chi connectivity index (χ0n) is 14.0. The molecule has 0 spiro atoms. The molecular weight excluding hydrogens is 347 g/mol. The van der Waals surface area contributed by atoms with Crippen molar-refractivity contribution in [1.82, 2.24) is 10.2 Å². The molecule has 2 aliphatic rings. The molecule has 1 aromatic rings. The lowest BCUT2D eigenvalue weighted by Crippen LogP contribution is -2.48. The van der Waals surface area contributed by atoms with Gasteiger partial charge >= 0.3 is 0 Å². The third kappa shape index (κ3) is 4.12. The minimum atomic E-state index is -0.364. The second-order valence-corrected chi connectivity index (χ2v) is 7.16. The average Bonchev–Trinajstić information content (AvgIpc) is 3.05. The standard InChI is InChI=1S/C18H22ClFN2O3/c19-15-9-13(20)3-4-14(15)18(5-1-2-6-18)12-21-16(23)10-22-7-8-25-11-17(22)24/h3-4,9H,1-2,5-8,10-12H2,(H,21,23). The molecule has 7 heteroatoms. The SMILES string of the molecule is O=C(CN1CCOCC1=O)NCC1(c2ccc(F)cc2Cl)CCCC1. The number of carbonyl (C=O) groups excluding carboxylic acids is 2. The second-order valence-electron chi connectivity index (χ2n) is 6.76. The lowest BCUT2D eigenvalue weighted by atomic mass is 9.78. The van der Waals surface area contributed by atoms with Crippen molar-refractivity contribution in [2.75, 3.05) is 32.8 Å². The van der Waals surface area contributed by atoms with Crippen LogP contribution in [0.15, 0.2) is 18.2 Å². The Hall–Kier alpha value is -1.66. The lowest BCUT2D eigenvalue weighted by Gasteiger charge is -2.32. The van der Waals surface area contributed by atoms with E-state index in [-0.39, 0.29) is 36.2 Å². The maximum atomic E-state index is 13.4. The Morgan fingerprint density at radius 3 is 2.80 bits per heavy atom. The molecule has 1 saturated heterocycles. The van der Waals surface area contributed by atoms with Crippen LogP contribution in [-0.2, 0) is 19.7 Å². The third-order valence-corrected chi connectivity index (χ3v) is 5.42. The molecule has 0 atom stereocenters. The van der Waals surface area contributed by atoms with Gasteiger partial charge in [-0.25, -0.2) is 4.39 Å². The summed E-state index contributed by atoms with van der Waals surface area (Å²) in [5, 5.41) is 3.35. The number of hydrogen-bond donors (Lipinski definition) is 1. The van der Waals surface area contributed by atoms with Crippen LogP contribution in [0, 0.1) is 5.82 Å². The fourth-order valence-electron chi connectivity index (χ4n) is 3.73. The van der Waals surface area contributed by atoms with E-state index in [0.717, 1.165) is 31.2 Å². The second kappa shape index (κ2) is 7.70. The molecule has 0 radical (unpaired) electrons. The van der Waals surface area contributed by atoms with Crippen LogP contribution in [0.5, 0.6) is 0 Å². The van der Waals surface area contributed by atoms with Crippen molar-refractivity contribution in [2.45, 2.75) is 31.1 Å². The summed E-state index contributed by atoms with van der Waals surface area (Å²) >= 11 is 6.27. The monoisotopic (exact) mass is 368 g/mol. The molecule has 3 rings (SSSR count). The van der Waals surface area contributed by atoms with Gasteiger partial charge in [-0.3, -0.25) is 9.59 Å². The van der Waals surface area contributed by atoms with Crippen molar-refractivity contribution in [3.63, 3.8) is 0 Å². The average molecular weight is 369 g/mol. The van der Waals surface area contributed by atoms with Crippen molar-refractivity contribution >= 4 is 23.4 Å². The predicted octanol–water partition coefficient (Wildman–Crippen LogP) is 2.27. The van der Waals surface area contributed by atoms with Crippen LogP contribution in [0.3, 0.4) is 0 Å². The maximum absolute atomic E-state index is 13.4. The molecule has 0 bridgehead atoms. The number of amides is 2. The van der Waals surface area contributed by atoms with Crippen LogP contribution < -0.4 is 5.32 Å². The largest absolute Gasteiger partial charge is 0.370 e. The molecule has 2 fully saturated rings. The summed E-state index contributed by atoms with van der Waals surface area (Å²) in [6, 6.07) is 4.46. The minimum Gasteiger partial charge on any atom is -0.370 e. The summed E-state index contributed by atoms with van der Waals surface area (Å²) in [7, 11) is 0. The molecule has 136 valence electrons. The molecular formula is C18H22ClFN2O3. The van der Waals surface area contributed by atoms with Crippen molar-refractivity contribution < 1.29 is 18.7 Å². The van der Waals surface area contributed by atoms with Crippen LogP contribution in [0.25, 0.3) is 0 Å². The van der Waals surface area contributed by atoms with E-state index in [1.165, 1.54) is 17.0 Å². The van der Waals surface area contributed by atoms with E-state index in [1.807, 2.05) is 0 Å². The molecule has 5 nitrogen and oxygen atoms in total. The van der Waals surface area contributed by atoms with Crippen molar-refractivity contribution in [3.05, 3.63) is 34.6 Å². The molecule has 2 amide bonds. The first-order valence-electron chi connectivity index (χ1n) is 8.58. The lowest BCUT2D eigenvalue weighted by molar-refractivity contribution is -0.145. The topological polar surface area (TPSA) is 58.6 Å². The van der Waals surface area contributed by atoms with E-state index < -0.39 is 0 Å². The summed E-state index contributed by atoms with van der Waals surface area (Å²) in [6.07, 6.45) is 3.89. The number of rotatable bonds is 5. The number of carbonyl (C=O) groups is 2. The fraction of sp³-hybridized carbons (Fsp3) is 0.556. The van der Waals surface area contributed by atoms with Gasteiger partial charge in [0.05, 0.1) is 13.2 Å². The molecule has 0 aromatic heterocycles. The number of ether oxygens (including phenoxy) is 1. The maximum Gasteiger partial charge on any atom is 0.249 e. The first kappa shape index (κ1) is 18.1. The Morgan fingerprint density at radius 2 is 2.12 bits per heavy atom. The highest BCUT2D eigenvalue weighted by atomic mass is 35.5. The van der Waals surface area contributed by atoms with Crippen LogP contribution in [0.1, 0.15) is 31.2 Å². The summed E-state index contributed by atoms with van der Waals surface area (Å²) in [5.74, 6) is -0.727. The van der Waals surface area contributed by atoms with E-state index in [4.69, 9.17) is 16.3 Å². The van der Waals surface area contributed by atoms with Gasteiger partial charge < -0.3 is 15.0 Å². The van der Waals surface area contributed by atoms with E-state index in [9.17, 15) is 14.0 Å². The zero-order chi connectivity index (χ0) is 17.9. The third-order valence-electron chi connectivity index (χ3n) is 5.11. The molecule has 1 N–H and O–H groups in total. The van der Waals surface area contributed by atoms with Crippen LogP contribution >= 0.6 is 11.6 Å². The number of halogens is 2. The van der Waals surface area contributed by atoms with Gasteiger partial charge in [0.2, 0.25) is 11.8 Å². The van der Waals surface area contributed by atoms with Gasteiger partial charge in [0, 0.05) is 23.5 Å². The predicted molar refractivity (Wildman–Crippen MR) is 92.0 cm³/mol. The van der Waals surface area contributed by atoms with Crippen molar-refractivity contribution in [3.8, 4) is 0 Å². The highest BCUT2D eigenvalue weighted by molar-refractivity contribution is 6.31. The van der Waals surface area contributed by atoms with Crippen LogP contribution in [0.4, 0.5) is 4.39 Å². The number of nitrogens with zero attached hydrogens (tertiary/aromatic N) is 1. The highest BCUT2D eigenvalue weighted by Crippen LogP contribution is 2.43. The number of morpholine rings is 1. The summed E-state index contributed by atoms with van der Waals surface area (Å²) in [5.41, 5.74) is 0.617. The first-order valence-corrected chi connectivity index (χ1v) is 8.96. The van der Waals surface area contributed by atoms with E-state index >= 15 is 0 Å². The summed E-state index contributed by atoms with van der Waals surface area (Å²) < 4.78 is 18.4. The quantitative estimate of drug-likeness (QED) is 0.867. The molecule has 1 aromatic carbocycles. The number of nitrogens with one attached hydrogen (secondary N) is 1. The van der Waals surface area contributed by atoms with Gasteiger partial charge in [-0.2, -0.15) is 0 Å². The summed E-state index contributed by atoms with van der Waals surface area (Å²) in [4.78, 5) is 25.5. The van der Waals surface area contributed by atoms with Crippen LogP contribution in [0.2, 0.25) is 5.02 Å². The van der Waals surface area contributed by atoms with Crippen LogP contribution in [-0.4, -0.2) is 49.6 Å². The van der Waals surface area contributed by atoms with Gasteiger partial charge in [0.1, 0.15) is 12.4 Å².